The Kier molecular flexibility index (Phi) is 5.11. The van der Waals surface area contributed by atoms with Gasteiger partial charge in [-0.3, -0.25) is 4.21 Å². The fourth-order valence-electron chi connectivity index (χ4n) is 1.09. The van der Waals surface area contributed by atoms with Gasteiger partial charge in [-0.1, -0.05) is 0 Å². The van der Waals surface area contributed by atoms with Crippen molar-refractivity contribution in [2.45, 2.75) is 4.90 Å². The van der Waals surface area contributed by atoms with E-state index in [1.807, 2.05) is 0 Å². The van der Waals surface area contributed by atoms with Crippen LogP contribution >= 0.6 is 15.9 Å². The normalized spacial score (nSPS) is 12.4. The maximum atomic E-state index is 11.7. The van der Waals surface area contributed by atoms with Crippen LogP contribution in [0.2, 0.25) is 0 Å². The molecule has 16 heavy (non-hydrogen) atoms. The van der Waals surface area contributed by atoms with Gasteiger partial charge < -0.3 is 9.84 Å². The third-order valence-electron chi connectivity index (χ3n) is 1.90. The molecule has 0 radical (unpaired) electrons. The average molecular weight is 307 g/mol. The minimum absolute atomic E-state index is 0.114. The first kappa shape index (κ1) is 13.3. The molecular weight excluding hydrogens is 296 g/mol. The van der Waals surface area contributed by atoms with Crippen LogP contribution < -0.4 is 0 Å². The molecule has 1 rings (SSSR count). The Balaban J connectivity index is 2.94. The zero-order chi connectivity index (χ0) is 12.1. The van der Waals surface area contributed by atoms with Gasteiger partial charge in [0.1, 0.15) is 0 Å². The molecule has 0 aliphatic rings. The van der Waals surface area contributed by atoms with Crippen LogP contribution in [0.5, 0.6) is 0 Å². The maximum Gasteiger partial charge on any atom is 0.336 e. The highest BCUT2D eigenvalue weighted by molar-refractivity contribution is 9.10. The highest BCUT2D eigenvalue weighted by Gasteiger charge is 2.11. The van der Waals surface area contributed by atoms with Crippen molar-refractivity contribution in [2.75, 3.05) is 19.5 Å². The van der Waals surface area contributed by atoms with E-state index in [0.29, 0.717) is 21.7 Å². The van der Waals surface area contributed by atoms with Gasteiger partial charge in [-0.15, -0.1) is 0 Å². The van der Waals surface area contributed by atoms with Crippen molar-refractivity contribution in [1.29, 1.82) is 0 Å². The summed E-state index contributed by atoms with van der Waals surface area (Å²) in [7, 11) is 0.302. The first-order valence-electron chi connectivity index (χ1n) is 4.46. The van der Waals surface area contributed by atoms with Crippen LogP contribution in [0.3, 0.4) is 0 Å². The molecule has 1 unspecified atom stereocenters. The van der Waals surface area contributed by atoms with Crippen molar-refractivity contribution in [3.63, 3.8) is 0 Å². The van der Waals surface area contributed by atoms with Crippen molar-refractivity contribution in [2.24, 2.45) is 0 Å². The molecule has 4 nitrogen and oxygen atoms in total. The van der Waals surface area contributed by atoms with E-state index in [-0.39, 0.29) is 5.56 Å². The number of ether oxygens (including phenoxy) is 1. The quantitative estimate of drug-likeness (QED) is 0.902. The van der Waals surface area contributed by atoms with Gasteiger partial charge in [0.2, 0.25) is 0 Å². The lowest BCUT2D eigenvalue weighted by Gasteiger charge is -2.04. The lowest BCUT2D eigenvalue weighted by atomic mass is 10.2. The minimum atomic E-state index is -1.23. The van der Waals surface area contributed by atoms with Crippen LogP contribution in [-0.4, -0.2) is 34.8 Å². The van der Waals surface area contributed by atoms with Crippen molar-refractivity contribution < 1.29 is 18.8 Å². The predicted octanol–water partition coefficient (Wildman–Crippen LogP) is 1.90. The Morgan fingerprint density at radius 3 is 2.81 bits per heavy atom. The van der Waals surface area contributed by atoms with Crippen LogP contribution in [-0.2, 0) is 15.5 Å². The Morgan fingerprint density at radius 1 is 1.56 bits per heavy atom. The fraction of sp³-hybridized carbons (Fsp3) is 0.300. The van der Waals surface area contributed by atoms with Gasteiger partial charge in [0.25, 0.3) is 0 Å². The zero-order valence-corrected chi connectivity index (χ0v) is 11.0. The number of benzene rings is 1. The summed E-state index contributed by atoms with van der Waals surface area (Å²) < 4.78 is 17.0. The molecule has 0 aromatic heterocycles. The molecule has 0 amide bonds. The summed E-state index contributed by atoms with van der Waals surface area (Å²) in [4.78, 5) is 11.4. The highest BCUT2D eigenvalue weighted by atomic mass is 79.9. The standard InChI is InChI=1S/C10H11BrO4S/c1-15-4-5-16(14)7-2-3-9(11)8(6-7)10(12)13/h2-3,6H,4-5H2,1H3,(H,12,13). The lowest BCUT2D eigenvalue weighted by molar-refractivity contribution is 0.0695. The molecule has 88 valence electrons. The summed E-state index contributed by atoms with van der Waals surface area (Å²) in [5.74, 6) is -0.686. The molecule has 0 fully saturated rings. The summed E-state index contributed by atoms with van der Waals surface area (Å²) in [6.07, 6.45) is 0. The summed E-state index contributed by atoms with van der Waals surface area (Å²) >= 11 is 3.13. The van der Waals surface area contributed by atoms with Gasteiger partial charge in [0.05, 0.1) is 28.7 Å². The topological polar surface area (TPSA) is 63.6 Å². The van der Waals surface area contributed by atoms with Gasteiger partial charge in [-0.25, -0.2) is 4.79 Å². The summed E-state index contributed by atoms with van der Waals surface area (Å²) in [5, 5.41) is 8.89. The van der Waals surface area contributed by atoms with Crippen LogP contribution in [0.4, 0.5) is 0 Å². The number of carboxylic acid groups (broad SMARTS) is 1. The maximum absolute atomic E-state index is 11.7. The molecule has 1 aromatic rings. The first-order valence-corrected chi connectivity index (χ1v) is 6.57. The Labute approximate surface area is 104 Å². The molecule has 0 bridgehead atoms. The molecule has 0 heterocycles. The van der Waals surface area contributed by atoms with E-state index in [9.17, 15) is 9.00 Å². The Hall–Kier alpha value is -0.720. The van der Waals surface area contributed by atoms with Crippen molar-refractivity contribution in [1.82, 2.24) is 0 Å². The number of methoxy groups -OCH3 is 1. The predicted molar refractivity (Wildman–Crippen MR) is 64.3 cm³/mol. The lowest BCUT2D eigenvalue weighted by Crippen LogP contribution is -2.06. The molecule has 6 heteroatoms. The van der Waals surface area contributed by atoms with Crippen LogP contribution in [0.25, 0.3) is 0 Å². The van der Waals surface area contributed by atoms with E-state index in [2.05, 4.69) is 15.9 Å². The summed E-state index contributed by atoms with van der Waals surface area (Å²) in [6.45, 7) is 0.380. The number of hydrogen-bond acceptors (Lipinski definition) is 3. The molecule has 1 aromatic carbocycles. The monoisotopic (exact) mass is 306 g/mol. The van der Waals surface area contributed by atoms with E-state index >= 15 is 0 Å². The second kappa shape index (κ2) is 6.12. The van der Waals surface area contributed by atoms with Gasteiger partial charge in [-0.2, -0.15) is 0 Å². The average Bonchev–Trinajstić information content (AvgIpc) is 2.26. The first-order chi connectivity index (χ1) is 7.56. The van der Waals surface area contributed by atoms with Gasteiger partial charge in [0.15, 0.2) is 0 Å². The molecule has 0 aliphatic heterocycles. The van der Waals surface area contributed by atoms with Gasteiger partial charge in [-0.05, 0) is 34.1 Å². The Morgan fingerprint density at radius 2 is 2.25 bits per heavy atom. The minimum Gasteiger partial charge on any atom is -0.478 e. The zero-order valence-electron chi connectivity index (χ0n) is 8.60. The van der Waals surface area contributed by atoms with E-state index in [1.54, 1.807) is 12.1 Å². The summed E-state index contributed by atoms with van der Waals surface area (Å²) in [6, 6.07) is 4.64. The second-order valence-corrected chi connectivity index (χ2v) is 5.41. The molecule has 0 spiro atoms. The molecular formula is C10H11BrO4S. The van der Waals surface area contributed by atoms with Crippen molar-refractivity contribution in [3.8, 4) is 0 Å². The molecule has 1 N–H and O–H groups in total. The molecule has 0 saturated carbocycles. The summed E-state index contributed by atoms with van der Waals surface area (Å²) in [5.41, 5.74) is 0.114. The number of halogens is 1. The van der Waals surface area contributed by atoms with Crippen molar-refractivity contribution >= 4 is 32.7 Å². The SMILES string of the molecule is COCCS(=O)c1ccc(Br)c(C(=O)O)c1. The largest absolute Gasteiger partial charge is 0.478 e. The third kappa shape index (κ3) is 3.40. The van der Waals surface area contributed by atoms with E-state index in [0.717, 1.165) is 0 Å². The molecule has 0 saturated heterocycles. The second-order valence-electron chi connectivity index (χ2n) is 2.99. The van der Waals surface area contributed by atoms with Crippen molar-refractivity contribution in [3.05, 3.63) is 28.2 Å². The highest BCUT2D eigenvalue weighted by Crippen LogP contribution is 2.20. The van der Waals surface area contributed by atoms with Gasteiger partial charge in [0, 0.05) is 16.5 Å². The number of aromatic carboxylic acids is 1. The Bertz CT molecular complexity index is 419. The van der Waals surface area contributed by atoms with E-state index in [1.165, 1.54) is 13.2 Å². The molecule has 0 aliphatic carbocycles. The van der Waals surface area contributed by atoms with Crippen LogP contribution in [0.1, 0.15) is 10.4 Å². The number of carboxylic acids is 1. The third-order valence-corrected chi connectivity index (χ3v) is 3.91. The molecule has 1 atom stereocenters. The number of carbonyl (C=O) groups is 1. The van der Waals surface area contributed by atoms with E-state index < -0.39 is 16.8 Å². The van der Waals surface area contributed by atoms with Crippen LogP contribution in [0, 0.1) is 0 Å². The van der Waals surface area contributed by atoms with E-state index in [4.69, 9.17) is 9.84 Å². The smallest absolute Gasteiger partial charge is 0.336 e. The number of hydrogen-bond donors (Lipinski definition) is 1. The fourth-order valence-corrected chi connectivity index (χ4v) is 2.53. The van der Waals surface area contributed by atoms with Crippen LogP contribution in [0.15, 0.2) is 27.6 Å². The number of rotatable bonds is 5. The van der Waals surface area contributed by atoms with Gasteiger partial charge >= 0.3 is 5.97 Å².